The zero-order chi connectivity index (χ0) is 20.5. The van der Waals surface area contributed by atoms with E-state index < -0.39 is 12.0 Å². The molecule has 1 aliphatic rings. The van der Waals surface area contributed by atoms with Crippen molar-refractivity contribution >= 4 is 50.7 Å². The lowest BCUT2D eigenvalue weighted by molar-refractivity contribution is -0.121. The highest BCUT2D eigenvalue weighted by atomic mass is 35.5. The zero-order valence-corrected chi connectivity index (χ0v) is 17.0. The Kier molecular flexibility index (Phi) is 5.60. The molecule has 2 aromatic heterocycles. The molecular formula is C20H20ClN3O4S. The van der Waals surface area contributed by atoms with Crippen molar-refractivity contribution in [3.8, 4) is 0 Å². The zero-order valence-electron chi connectivity index (χ0n) is 15.4. The minimum Gasteiger partial charge on any atom is -0.396 e. The molecule has 9 heteroatoms. The van der Waals surface area contributed by atoms with Gasteiger partial charge in [0.25, 0.3) is 5.91 Å². The molecule has 1 aromatic carbocycles. The lowest BCUT2D eigenvalue weighted by Crippen LogP contribution is -2.54. The largest absolute Gasteiger partial charge is 0.396 e. The number of H-pyrrole nitrogens is 1. The van der Waals surface area contributed by atoms with Gasteiger partial charge in [0.15, 0.2) is 0 Å². The predicted molar refractivity (Wildman–Crippen MR) is 113 cm³/mol. The average Bonchev–Trinajstić information content (AvgIpc) is 3.26. The lowest BCUT2D eigenvalue weighted by Gasteiger charge is -2.36. The summed E-state index contributed by atoms with van der Waals surface area (Å²) in [7, 11) is 0. The van der Waals surface area contributed by atoms with Crippen molar-refractivity contribution in [1.29, 1.82) is 0 Å². The predicted octanol–water partition coefficient (Wildman–Crippen LogP) is 2.17. The number of aromatic amines is 1. The maximum Gasteiger partial charge on any atom is 0.268 e. The summed E-state index contributed by atoms with van der Waals surface area (Å²) in [5, 5.41) is 22.5. The van der Waals surface area contributed by atoms with Gasteiger partial charge in [0.2, 0.25) is 5.91 Å². The van der Waals surface area contributed by atoms with Crippen molar-refractivity contribution < 1.29 is 19.8 Å². The third-order valence-electron chi connectivity index (χ3n) is 5.06. The fraction of sp³-hybridized carbons (Fsp3) is 0.300. The van der Waals surface area contributed by atoms with Gasteiger partial charge in [-0.1, -0.05) is 29.8 Å². The van der Waals surface area contributed by atoms with Crippen molar-refractivity contribution in [2.45, 2.75) is 12.5 Å². The van der Waals surface area contributed by atoms with Gasteiger partial charge in [-0.25, -0.2) is 0 Å². The molecule has 0 bridgehead atoms. The van der Waals surface area contributed by atoms with Crippen LogP contribution in [0.1, 0.15) is 16.1 Å². The number of carbonyl (C=O) groups is 2. The Morgan fingerprint density at radius 2 is 2.07 bits per heavy atom. The van der Waals surface area contributed by atoms with Gasteiger partial charge in [0, 0.05) is 43.2 Å². The second kappa shape index (κ2) is 8.16. The first-order chi connectivity index (χ1) is 14.0. The molecule has 0 radical (unpaired) electrons. The number of nitrogens with one attached hydrogen (secondary N) is 2. The van der Waals surface area contributed by atoms with E-state index in [1.807, 2.05) is 24.3 Å². The second-order valence-corrected chi connectivity index (χ2v) is 8.74. The summed E-state index contributed by atoms with van der Waals surface area (Å²) in [6, 6.07) is 10.2. The van der Waals surface area contributed by atoms with E-state index in [-0.39, 0.29) is 31.6 Å². The van der Waals surface area contributed by atoms with E-state index in [9.17, 15) is 19.8 Å². The normalized spacial score (nSPS) is 16.5. The average molecular weight is 434 g/mol. The molecule has 1 aliphatic heterocycles. The number of para-hydroxylation sites is 1. The number of hydrogen-bond acceptors (Lipinski definition) is 5. The van der Waals surface area contributed by atoms with Crippen LogP contribution in [0.2, 0.25) is 4.34 Å². The molecule has 1 atom stereocenters. The van der Waals surface area contributed by atoms with Crippen LogP contribution in [-0.4, -0.2) is 52.8 Å². The van der Waals surface area contributed by atoms with E-state index in [1.165, 1.54) is 16.2 Å². The van der Waals surface area contributed by atoms with Crippen molar-refractivity contribution in [3.05, 3.63) is 52.0 Å². The monoisotopic (exact) mass is 433 g/mol. The Labute approximate surface area is 175 Å². The van der Waals surface area contributed by atoms with Crippen LogP contribution in [0.5, 0.6) is 0 Å². The smallest absolute Gasteiger partial charge is 0.268 e. The Morgan fingerprint density at radius 3 is 2.79 bits per heavy atom. The van der Waals surface area contributed by atoms with Crippen molar-refractivity contribution in [1.82, 2.24) is 10.3 Å². The van der Waals surface area contributed by atoms with E-state index in [2.05, 4.69) is 10.3 Å². The molecule has 4 N–H and O–H groups in total. The number of aliphatic hydroxyl groups is 2. The first-order valence-corrected chi connectivity index (χ1v) is 10.4. The van der Waals surface area contributed by atoms with E-state index >= 15 is 0 Å². The molecule has 152 valence electrons. The first-order valence-electron chi connectivity index (χ1n) is 9.20. The molecule has 4 rings (SSSR count). The highest BCUT2D eigenvalue weighted by Gasteiger charge is 2.35. The molecule has 0 aliphatic carbocycles. The molecule has 2 amide bonds. The summed E-state index contributed by atoms with van der Waals surface area (Å²) < 4.78 is 0.634. The van der Waals surface area contributed by atoms with E-state index in [0.717, 1.165) is 21.5 Å². The van der Waals surface area contributed by atoms with Crippen LogP contribution >= 0.6 is 22.9 Å². The number of aromatic nitrogens is 1. The fourth-order valence-corrected chi connectivity index (χ4v) is 4.67. The van der Waals surface area contributed by atoms with Crippen LogP contribution in [0.25, 0.3) is 10.2 Å². The second-order valence-electron chi connectivity index (χ2n) is 7.06. The van der Waals surface area contributed by atoms with Crippen LogP contribution in [0, 0.1) is 5.92 Å². The standard InChI is InChI=1S/C20H20ClN3O4S/c21-17-7-13-6-14(23-19(13)29-17)18(27)22-15-5-12-3-1-2-4-16(12)24(20(15)28)8-11(9-25)10-26/h1-4,6-7,11,15,23,25-26H,5,8-10H2,(H,22,27). The molecule has 0 spiro atoms. The summed E-state index contributed by atoms with van der Waals surface area (Å²) >= 11 is 7.32. The molecule has 3 aromatic rings. The number of halogens is 1. The molecule has 7 nitrogen and oxygen atoms in total. The molecule has 0 fully saturated rings. The van der Waals surface area contributed by atoms with Gasteiger partial charge < -0.3 is 25.4 Å². The van der Waals surface area contributed by atoms with Crippen LogP contribution in [0.3, 0.4) is 0 Å². The Bertz CT molecular complexity index is 1030. The maximum absolute atomic E-state index is 13.1. The van der Waals surface area contributed by atoms with Gasteiger partial charge in [0.1, 0.15) is 16.6 Å². The lowest BCUT2D eigenvalue weighted by atomic mass is 9.95. The Balaban J connectivity index is 1.57. The van der Waals surface area contributed by atoms with Crippen LogP contribution in [-0.2, 0) is 11.2 Å². The highest BCUT2D eigenvalue weighted by Crippen LogP contribution is 2.30. The summed E-state index contributed by atoms with van der Waals surface area (Å²) in [5.74, 6) is -1.09. The maximum atomic E-state index is 13.1. The van der Waals surface area contributed by atoms with Crippen molar-refractivity contribution in [2.75, 3.05) is 24.7 Å². The third kappa shape index (κ3) is 3.89. The number of thiophene rings is 1. The number of carbonyl (C=O) groups excluding carboxylic acids is 2. The molecule has 1 unspecified atom stereocenters. The highest BCUT2D eigenvalue weighted by molar-refractivity contribution is 7.22. The van der Waals surface area contributed by atoms with Gasteiger partial charge in [-0.15, -0.1) is 11.3 Å². The van der Waals surface area contributed by atoms with Gasteiger partial charge >= 0.3 is 0 Å². The summed E-state index contributed by atoms with van der Waals surface area (Å²) in [4.78, 5) is 31.2. The van der Waals surface area contributed by atoms with E-state index in [4.69, 9.17) is 11.6 Å². The van der Waals surface area contributed by atoms with E-state index in [1.54, 1.807) is 12.1 Å². The topological polar surface area (TPSA) is 106 Å². The van der Waals surface area contributed by atoms with Gasteiger partial charge in [-0.05, 0) is 23.8 Å². The molecular weight excluding hydrogens is 414 g/mol. The minimum absolute atomic E-state index is 0.173. The molecule has 3 heterocycles. The van der Waals surface area contributed by atoms with E-state index in [0.29, 0.717) is 16.5 Å². The quantitative estimate of drug-likeness (QED) is 0.478. The number of benzene rings is 1. The number of hydrogen-bond donors (Lipinski definition) is 4. The number of fused-ring (bicyclic) bond motifs is 2. The van der Waals surface area contributed by atoms with Gasteiger partial charge in [0.05, 0.1) is 4.34 Å². The SMILES string of the molecule is O=C(NC1Cc2ccccc2N(CC(CO)CO)C1=O)c1cc2cc(Cl)sc2[nH]1. The number of nitrogens with zero attached hydrogens (tertiary/aromatic N) is 1. The third-order valence-corrected chi connectivity index (χ3v) is 6.25. The van der Waals surface area contributed by atoms with Crippen LogP contribution in [0.4, 0.5) is 5.69 Å². The number of aliphatic hydroxyl groups excluding tert-OH is 2. The molecule has 29 heavy (non-hydrogen) atoms. The fourth-order valence-electron chi connectivity index (χ4n) is 3.54. The summed E-state index contributed by atoms with van der Waals surface area (Å²) in [6.45, 7) is -0.297. The number of anilines is 1. The van der Waals surface area contributed by atoms with Gasteiger partial charge in [-0.2, -0.15) is 0 Å². The Morgan fingerprint density at radius 1 is 1.31 bits per heavy atom. The molecule has 0 saturated carbocycles. The van der Waals surface area contributed by atoms with Crippen LogP contribution < -0.4 is 10.2 Å². The van der Waals surface area contributed by atoms with Crippen molar-refractivity contribution in [2.24, 2.45) is 5.92 Å². The molecule has 0 saturated heterocycles. The first kappa shape index (κ1) is 19.9. The van der Waals surface area contributed by atoms with Gasteiger partial charge in [-0.3, -0.25) is 9.59 Å². The summed E-state index contributed by atoms with van der Waals surface area (Å²) in [5.41, 5.74) is 2.03. The summed E-state index contributed by atoms with van der Waals surface area (Å²) in [6.07, 6.45) is 0.376. The number of rotatable bonds is 6. The van der Waals surface area contributed by atoms with Crippen molar-refractivity contribution in [3.63, 3.8) is 0 Å². The Hall–Kier alpha value is -2.39. The van der Waals surface area contributed by atoms with Crippen LogP contribution in [0.15, 0.2) is 36.4 Å². The number of amides is 2. The minimum atomic E-state index is -0.736.